The molecule has 1 unspecified atom stereocenters. The smallest absolute Gasteiger partial charge is 0.258 e. The molecule has 6 nitrogen and oxygen atoms in total. The lowest BCUT2D eigenvalue weighted by Gasteiger charge is -2.30. The first kappa shape index (κ1) is 20.4. The van der Waals surface area contributed by atoms with Gasteiger partial charge < -0.3 is 9.64 Å². The molecule has 0 heterocycles. The van der Waals surface area contributed by atoms with Gasteiger partial charge in [0, 0.05) is 23.8 Å². The number of nitrogens with zero attached hydrogens (tertiary/aromatic N) is 1. The molecule has 1 aliphatic carbocycles. The minimum absolute atomic E-state index is 0.0231. The van der Waals surface area contributed by atoms with Crippen molar-refractivity contribution in [2.45, 2.75) is 37.6 Å². The second-order valence-corrected chi connectivity index (χ2v) is 8.75. The minimum atomic E-state index is -3.63. The second-order valence-electron chi connectivity index (χ2n) is 6.98. The summed E-state index contributed by atoms with van der Waals surface area (Å²) in [5.74, 6) is 0.965. The Morgan fingerprint density at radius 2 is 1.89 bits per heavy atom. The molecule has 1 atom stereocenters. The standard InChI is InChI=1S/C21H26N2O4S/c1-4-22-28(25,26)20-7-5-6-17(14-20)21(24)23(15(2)16-8-9-16)18-10-12-19(27-3)13-11-18/h5-7,10-16,22H,4,8-9H2,1-3H3. The van der Waals surface area contributed by atoms with E-state index in [9.17, 15) is 13.2 Å². The van der Waals surface area contributed by atoms with Crippen LogP contribution in [0.3, 0.4) is 0 Å². The number of benzene rings is 2. The molecule has 150 valence electrons. The van der Waals surface area contributed by atoms with Gasteiger partial charge in [-0.2, -0.15) is 0 Å². The van der Waals surface area contributed by atoms with Gasteiger partial charge in [-0.15, -0.1) is 0 Å². The molecule has 2 aromatic rings. The first-order chi connectivity index (χ1) is 13.4. The van der Waals surface area contributed by atoms with Crippen LogP contribution in [0.1, 0.15) is 37.0 Å². The van der Waals surface area contributed by atoms with E-state index in [-0.39, 0.29) is 23.4 Å². The summed E-state index contributed by atoms with van der Waals surface area (Å²) in [7, 11) is -2.03. The van der Waals surface area contributed by atoms with Crippen molar-refractivity contribution in [3.05, 3.63) is 54.1 Å². The molecule has 1 saturated carbocycles. The number of methoxy groups -OCH3 is 1. The second kappa shape index (κ2) is 8.32. The molecule has 0 radical (unpaired) electrons. The molecule has 3 rings (SSSR count). The van der Waals surface area contributed by atoms with Gasteiger partial charge in [0.25, 0.3) is 5.91 Å². The van der Waals surface area contributed by atoms with Crippen LogP contribution < -0.4 is 14.4 Å². The van der Waals surface area contributed by atoms with E-state index in [2.05, 4.69) is 4.72 Å². The van der Waals surface area contributed by atoms with Crippen molar-refractivity contribution in [2.24, 2.45) is 5.92 Å². The van der Waals surface area contributed by atoms with Gasteiger partial charge in [-0.1, -0.05) is 13.0 Å². The topological polar surface area (TPSA) is 75.7 Å². The van der Waals surface area contributed by atoms with Crippen LogP contribution in [-0.2, 0) is 10.0 Å². The van der Waals surface area contributed by atoms with Gasteiger partial charge in [-0.05, 0) is 68.1 Å². The van der Waals surface area contributed by atoms with Gasteiger partial charge in [0.15, 0.2) is 0 Å². The normalized spacial score (nSPS) is 15.1. The average molecular weight is 403 g/mol. The number of carbonyl (C=O) groups is 1. The average Bonchev–Trinajstić information content (AvgIpc) is 3.54. The van der Waals surface area contributed by atoms with Crippen molar-refractivity contribution in [3.63, 3.8) is 0 Å². The van der Waals surface area contributed by atoms with Gasteiger partial charge in [-0.25, -0.2) is 13.1 Å². The van der Waals surface area contributed by atoms with Gasteiger partial charge >= 0.3 is 0 Å². The lowest BCUT2D eigenvalue weighted by molar-refractivity contribution is 0.0975. The fourth-order valence-corrected chi connectivity index (χ4v) is 4.36. The van der Waals surface area contributed by atoms with Gasteiger partial charge in [-0.3, -0.25) is 4.79 Å². The lowest BCUT2D eigenvalue weighted by Crippen LogP contribution is -2.40. The monoisotopic (exact) mass is 402 g/mol. The third kappa shape index (κ3) is 4.36. The molecule has 1 fully saturated rings. The Labute approximate surface area is 166 Å². The van der Waals surface area contributed by atoms with Crippen molar-refractivity contribution < 1.29 is 17.9 Å². The van der Waals surface area contributed by atoms with E-state index in [1.807, 2.05) is 31.2 Å². The van der Waals surface area contributed by atoms with Gasteiger partial charge in [0.1, 0.15) is 5.75 Å². The zero-order valence-corrected chi connectivity index (χ0v) is 17.2. The number of anilines is 1. The summed E-state index contributed by atoms with van der Waals surface area (Å²) < 4.78 is 32.3. The Morgan fingerprint density at radius 3 is 2.46 bits per heavy atom. The van der Waals surface area contributed by atoms with Crippen LogP contribution in [0.2, 0.25) is 0 Å². The number of rotatable bonds is 8. The Balaban J connectivity index is 1.97. The van der Waals surface area contributed by atoms with Crippen LogP contribution in [0.4, 0.5) is 5.69 Å². The van der Waals surface area contributed by atoms with E-state index < -0.39 is 10.0 Å². The molecular formula is C21H26N2O4S. The first-order valence-electron chi connectivity index (χ1n) is 9.44. The molecule has 1 aliphatic rings. The highest BCUT2D eigenvalue weighted by atomic mass is 32.2. The van der Waals surface area contributed by atoms with E-state index in [0.717, 1.165) is 18.5 Å². The van der Waals surface area contributed by atoms with Crippen LogP contribution in [0, 0.1) is 5.92 Å². The number of hydrogen-bond acceptors (Lipinski definition) is 4. The zero-order valence-electron chi connectivity index (χ0n) is 16.4. The summed E-state index contributed by atoms with van der Waals surface area (Å²) in [5, 5.41) is 0. The predicted molar refractivity (Wildman–Crippen MR) is 109 cm³/mol. The number of sulfonamides is 1. The SMILES string of the molecule is CCNS(=O)(=O)c1cccc(C(=O)N(c2ccc(OC)cc2)C(C)C2CC2)c1. The number of amides is 1. The Kier molecular flexibility index (Phi) is 6.05. The molecule has 28 heavy (non-hydrogen) atoms. The minimum Gasteiger partial charge on any atom is -0.497 e. The highest BCUT2D eigenvalue weighted by Gasteiger charge is 2.35. The van der Waals surface area contributed by atoms with Gasteiger partial charge in [0.05, 0.1) is 12.0 Å². The molecule has 0 bridgehead atoms. The maximum atomic E-state index is 13.4. The Hall–Kier alpha value is -2.38. The molecule has 1 N–H and O–H groups in total. The molecule has 1 amide bonds. The van der Waals surface area contributed by atoms with E-state index in [0.29, 0.717) is 17.2 Å². The van der Waals surface area contributed by atoms with E-state index >= 15 is 0 Å². The molecule has 7 heteroatoms. The molecule has 2 aromatic carbocycles. The van der Waals surface area contributed by atoms with Crippen molar-refractivity contribution in [1.29, 1.82) is 0 Å². The van der Waals surface area contributed by atoms with Gasteiger partial charge in [0.2, 0.25) is 10.0 Å². The molecule has 0 saturated heterocycles. The van der Waals surface area contributed by atoms with Crippen molar-refractivity contribution in [1.82, 2.24) is 4.72 Å². The fourth-order valence-electron chi connectivity index (χ4n) is 3.28. The maximum absolute atomic E-state index is 13.4. The third-order valence-corrected chi connectivity index (χ3v) is 6.55. The number of nitrogens with one attached hydrogen (secondary N) is 1. The summed E-state index contributed by atoms with van der Waals surface area (Å²) in [4.78, 5) is 15.2. The number of carbonyl (C=O) groups excluding carboxylic acids is 1. The van der Waals surface area contributed by atoms with E-state index in [1.165, 1.54) is 12.1 Å². The first-order valence-corrected chi connectivity index (χ1v) is 10.9. The van der Waals surface area contributed by atoms with Crippen molar-refractivity contribution in [2.75, 3.05) is 18.6 Å². The Morgan fingerprint density at radius 1 is 1.21 bits per heavy atom. The highest BCUT2D eigenvalue weighted by Crippen LogP contribution is 2.38. The van der Waals surface area contributed by atoms with E-state index in [4.69, 9.17) is 4.74 Å². The number of hydrogen-bond donors (Lipinski definition) is 1. The third-order valence-electron chi connectivity index (χ3n) is 5.01. The summed E-state index contributed by atoms with van der Waals surface area (Å²) in [6.45, 7) is 4.05. The van der Waals surface area contributed by atoms with E-state index in [1.54, 1.807) is 31.1 Å². The largest absolute Gasteiger partial charge is 0.497 e. The maximum Gasteiger partial charge on any atom is 0.258 e. The quantitative estimate of drug-likeness (QED) is 0.734. The molecule has 0 aliphatic heterocycles. The Bertz CT molecular complexity index is 937. The highest BCUT2D eigenvalue weighted by molar-refractivity contribution is 7.89. The van der Waals surface area contributed by atoms with Crippen LogP contribution >= 0.6 is 0 Å². The van der Waals surface area contributed by atoms with Crippen LogP contribution in [0.25, 0.3) is 0 Å². The number of ether oxygens (including phenoxy) is 1. The lowest BCUT2D eigenvalue weighted by atomic mass is 10.1. The predicted octanol–water partition coefficient (Wildman–Crippen LogP) is 3.44. The van der Waals surface area contributed by atoms with Crippen LogP contribution in [-0.4, -0.2) is 34.0 Å². The summed E-state index contributed by atoms with van der Waals surface area (Å²) in [5.41, 5.74) is 1.12. The molecule has 0 aromatic heterocycles. The summed E-state index contributed by atoms with van der Waals surface area (Å²) >= 11 is 0. The summed E-state index contributed by atoms with van der Waals surface area (Å²) in [6, 6.07) is 13.6. The molecular weight excluding hydrogens is 376 g/mol. The van der Waals surface area contributed by atoms with Crippen molar-refractivity contribution >= 4 is 21.6 Å². The van der Waals surface area contributed by atoms with Crippen LogP contribution in [0.5, 0.6) is 5.75 Å². The van der Waals surface area contributed by atoms with Crippen molar-refractivity contribution in [3.8, 4) is 5.75 Å². The fraction of sp³-hybridized carbons (Fsp3) is 0.381. The van der Waals surface area contributed by atoms with Crippen LogP contribution in [0.15, 0.2) is 53.4 Å². The zero-order chi connectivity index (χ0) is 20.3. The summed E-state index contributed by atoms with van der Waals surface area (Å²) in [6.07, 6.45) is 2.19. The molecule has 0 spiro atoms.